The highest BCUT2D eigenvalue weighted by Crippen LogP contribution is 2.29. The van der Waals surface area contributed by atoms with E-state index in [1.54, 1.807) is 28.8 Å². The Bertz CT molecular complexity index is 1400. The molecular weight excluding hydrogens is 517 g/mol. The molecule has 1 aliphatic heterocycles. The van der Waals surface area contributed by atoms with E-state index < -0.39 is 0 Å². The van der Waals surface area contributed by atoms with Gasteiger partial charge in [0, 0.05) is 44.1 Å². The number of piperazine rings is 1. The van der Waals surface area contributed by atoms with Gasteiger partial charge in [0.05, 0.1) is 23.4 Å². The topological polar surface area (TPSA) is 62.1 Å². The lowest BCUT2D eigenvalue weighted by Gasteiger charge is -2.44. The number of carbonyl (C=O) groups excluding carboxylic acids is 1. The molecule has 1 fully saturated rings. The third kappa shape index (κ3) is 5.82. The predicted molar refractivity (Wildman–Crippen MR) is 154 cm³/mol. The largest absolute Gasteiger partial charge is 0.494 e. The number of fused-ring (bicyclic) bond motifs is 1. The van der Waals surface area contributed by atoms with E-state index in [9.17, 15) is 4.79 Å². The molecule has 9 heteroatoms. The Morgan fingerprint density at radius 3 is 2.67 bits per heavy atom. The van der Waals surface area contributed by atoms with Crippen molar-refractivity contribution in [2.24, 2.45) is 0 Å². The summed E-state index contributed by atoms with van der Waals surface area (Å²) in [4.78, 5) is 22.2. The normalized spacial score (nSPS) is 20.1. The van der Waals surface area contributed by atoms with Crippen LogP contribution in [0.25, 0.3) is 5.65 Å². The van der Waals surface area contributed by atoms with Crippen molar-refractivity contribution in [3.63, 3.8) is 0 Å². The molecule has 7 nitrogen and oxygen atoms in total. The average molecular weight is 552 g/mol. The molecule has 1 amide bonds. The van der Waals surface area contributed by atoms with Gasteiger partial charge in [-0.15, -0.1) is 0 Å². The second-order valence-electron chi connectivity index (χ2n) is 10.0. The Labute approximate surface area is 233 Å². The van der Waals surface area contributed by atoms with Gasteiger partial charge in [-0.05, 0) is 74.7 Å². The number of imidazole rings is 1. The smallest absolute Gasteiger partial charge is 0.270 e. The molecule has 0 bridgehead atoms. The number of rotatable bonds is 8. The van der Waals surface area contributed by atoms with Crippen LogP contribution in [0.2, 0.25) is 5.02 Å². The third-order valence-electron chi connectivity index (χ3n) is 7.48. The van der Waals surface area contributed by atoms with E-state index in [-0.39, 0.29) is 30.4 Å². The van der Waals surface area contributed by atoms with Crippen molar-refractivity contribution >= 4 is 28.8 Å². The van der Waals surface area contributed by atoms with Gasteiger partial charge < -0.3 is 15.0 Å². The van der Waals surface area contributed by atoms with Crippen LogP contribution in [0.15, 0.2) is 66.1 Å². The van der Waals surface area contributed by atoms with Gasteiger partial charge in [0.15, 0.2) is 0 Å². The molecule has 1 unspecified atom stereocenters. The van der Waals surface area contributed by atoms with E-state index in [1.165, 1.54) is 0 Å². The van der Waals surface area contributed by atoms with Gasteiger partial charge in [0.1, 0.15) is 22.9 Å². The van der Waals surface area contributed by atoms with E-state index in [0.29, 0.717) is 41.5 Å². The number of pyridine rings is 1. The number of ether oxygens (including phenoxy) is 1. The minimum Gasteiger partial charge on any atom is -0.494 e. The van der Waals surface area contributed by atoms with E-state index in [0.717, 1.165) is 36.6 Å². The first-order chi connectivity index (χ1) is 18.9. The van der Waals surface area contributed by atoms with Crippen LogP contribution in [0, 0.1) is 0 Å². The number of aryl methyl sites for hydroxylation is 1. The molecule has 0 saturated carbocycles. The molecule has 0 spiro atoms. The first-order valence-corrected chi connectivity index (χ1v) is 14.0. The number of benzene rings is 1. The van der Waals surface area contributed by atoms with E-state index in [2.05, 4.69) is 39.2 Å². The Balaban J connectivity index is 1.18. The molecule has 5 rings (SSSR count). The summed E-state index contributed by atoms with van der Waals surface area (Å²) in [5.41, 5.74) is 3.76. The molecule has 206 valence electrons. The summed E-state index contributed by atoms with van der Waals surface area (Å²) in [5.74, 6) is 0.464. The van der Waals surface area contributed by atoms with Gasteiger partial charge in [-0.2, -0.15) is 0 Å². The molecular formula is C30H35ClFN5O2. The van der Waals surface area contributed by atoms with E-state index in [1.807, 2.05) is 32.1 Å². The molecule has 1 N–H and O–H groups in total. The molecule has 0 radical (unpaired) electrons. The molecule has 1 aliphatic carbocycles. The Kier molecular flexibility index (Phi) is 8.23. The maximum Gasteiger partial charge on any atom is 0.270 e. The summed E-state index contributed by atoms with van der Waals surface area (Å²) in [7, 11) is 0. The zero-order valence-corrected chi connectivity index (χ0v) is 23.4. The lowest BCUT2D eigenvalue weighted by Crippen LogP contribution is -2.55. The fourth-order valence-electron chi connectivity index (χ4n) is 5.53. The van der Waals surface area contributed by atoms with Gasteiger partial charge in [0.25, 0.3) is 5.91 Å². The highest BCUT2D eigenvalue weighted by molar-refractivity contribution is 6.30. The summed E-state index contributed by atoms with van der Waals surface area (Å²) in [5, 5.41) is 3.47. The van der Waals surface area contributed by atoms with Crippen molar-refractivity contribution in [2.75, 3.05) is 37.7 Å². The van der Waals surface area contributed by atoms with Crippen LogP contribution in [0.3, 0.4) is 0 Å². The van der Waals surface area contributed by atoms with Crippen molar-refractivity contribution in [3.8, 4) is 5.75 Å². The zero-order chi connectivity index (χ0) is 27.5. The fourth-order valence-corrected chi connectivity index (χ4v) is 5.69. The predicted octanol–water partition coefficient (Wildman–Crippen LogP) is 5.44. The highest BCUT2D eigenvalue weighted by atomic mass is 35.5. The van der Waals surface area contributed by atoms with Gasteiger partial charge in [0.2, 0.25) is 0 Å². The fraction of sp³-hybridized carbons (Fsp3) is 0.400. The second-order valence-corrected chi connectivity index (χ2v) is 10.5. The number of amides is 1. The molecule has 3 heterocycles. The number of aromatic nitrogens is 2. The first kappa shape index (κ1) is 27.2. The van der Waals surface area contributed by atoms with Crippen LogP contribution >= 0.6 is 11.6 Å². The lowest BCUT2D eigenvalue weighted by atomic mass is 9.98. The molecule has 1 saturated heterocycles. The second kappa shape index (κ2) is 11.8. The SMILES string of the molecule is CCOc1ccc(N2CCN(C3CC=C(CNC(=O)c4c(CC)nc5ccc(Cl)cn45)C=C3F)C[C@@H]2C)cc1. The van der Waals surface area contributed by atoms with Gasteiger partial charge in [-0.3, -0.25) is 14.1 Å². The van der Waals surface area contributed by atoms with Gasteiger partial charge in [-0.1, -0.05) is 24.6 Å². The Hall–Kier alpha value is -3.36. The first-order valence-electron chi connectivity index (χ1n) is 13.6. The molecule has 1 aromatic carbocycles. The number of nitrogens with one attached hydrogen (secondary N) is 1. The van der Waals surface area contributed by atoms with Crippen molar-refractivity contribution in [1.82, 2.24) is 19.6 Å². The third-order valence-corrected chi connectivity index (χ3v) is 7.71. The number of halogens is 2. The maximum atomic E-state index is 15.3. The molecule has 2 aromatic heterocycles. The minimum absolute atomic E-state index is 0.153. The van der Waals surface area contributed by atoms with Crippen LogP contribution in [0.5, 0.6) is 5.75 Å². The standard InChI is InChI=1S/C30H35ClFN5O2/c1-4-26-29(37-19-22(31)7-13-28(37)34-26)30(38)33-17-21-6-12-27(25(32)16-21)35-14-15-36(20(3)18-35)23-8-10-24(11-9-23)39-5-2/h6-11,13,16,19-20,27H,4-5,12,14-15,17-18H2,1-3H3,(H,33,38)/t20-,27?/m0/s1. The summed E-state index contributed by atoms with van der Waals surface area (Å²) in [6.45, 7) is 9.39. The number of nitrogens with zero attached hydrogens (tertiary/aromatic N) is 4. The molecule has 3 aromatic rings. The van der Waals surface area contributed by atoms with Crippen LogP contribution in [-0.2, 0) is 6.42 Å². The summed E-state index contributed by atoms with van der Waals surface area (Å²) in [6, 6.07) is 11.7. The highest BCUT2D eigenvalue weighted by Gasteiger charge is 2.31. The number of hydrogen-bond donors (Lipinski definition) is 1. The molecule has 2 aliphatic rings. The summed E-state index contributed by atoms with van der Waals surface area (Å²) >= 11 is 6.15. The Morgan fingerprint density at radius 1 is 1.18 bits per heavy atom. The number of carbonyl (C=O) groups is 1. The molecule has 2 atom stereocenters. The lowest BCUT2D eigenvalue weighted by molar-refractivity contribution is 0.0950. The number of anilines is 1. The van der Waals surface area contributed by atoms with Crippen molar-refractivity contribution in [2.45, 2.75) is 45.7 Å². The van der Waals surface area contributed by atoms with Crippen LogP contribution in [0.1, 0.15) is 43.4 Å². The van der Waals surface area contributed by atoms with Crippen molar-refractivity contribution in [1.29, 1.82) is 0 Å². The van der Waals surface area contributed by atoms with E-state index in [4.69, 9.17) is 16.3 Å². The van der Waals surface area contributed by atoms with Crippen molar-refractivity contribution in [3.05, 3.63) is 82.6 Å². The average Bonchev–Trinajstić information content (AvgIpc) is 3.30. The molecule has 39 heavy (non-hydrogen) atoms. The van der Waals surface area contributed by atoms with Gasteiger partial charge >= 0.3 is 0 Å². The summed E-state index contributed by atoms with van der Waals surface area (Å²) < 4.78 is 22.6. The quantitative estimate of drug-likeness (QED) is 0.404. The van der Waals surface area contributed by atoms with Crippen molar-refractivity contribution < 1.29 is 13.9 Å². The van der Waals surface area contributed by atoms with Gasteiger partial charge in [-0.25, -0.2) is 9.37 Å². The maximum absolute atomic E-state index is 15.3. The summed E-state index contributed by atoms with van der Waals surface area (Å²) in [6.07, 6.45) is 6.49. The minimum atomic E-state index is -0.276. The van der Waals surface area contributed by atoms with Crippen LogP contribution in [0.4, 0.5) is 10.1 Å². The van der Waals surface area contributed by atoms with Crippen LogP contribution in [-0.4, -0.2) is 65.1 Å². The Morgan fingerprint density at radius 2 is 1.97 bits per heavy atom. The van der Waals surface area contributed by atoms with Crippen LogP contribution < -0.4 is 15.0 Å². The zero-order valence-electron chi connectivity index (χ0n) is 22.7. The van der Waals surface area contributed by atoms with E-state index >= 15 is 4.39 Å². The monoisotopic (exact) mass is 551 g/mol. The number of hydrogen-bond acceptors (Lipinski definition) is 5.